The smallest absolute Gasteiger partial charge is 0.155 e. The quantitative estimate of drug-likeness (QED) is 0.475. The number of aliphatic hydroxyl groups is 3. The molecule has 0 bridgehead atoms. The molecule has 0 aromatic heterocycles. The largest absolute Gasteiger partial charge is 0.392 e. The Kier molecular flexibility index (Phi) is 6.68. The molecule has 2 fully saturated rings. The van der Waals surface area contributed by atoms with Gasteiger partial charge in [0, 0.05) is 18.8 Å². The number of fused-ring (bicyclic) bond motifs is 1. The summed E-state index contributed by atoms with van der Waals surface area (Å²) in [6, 6.07) is 0. The van der Waals surface area contributed by atoms with Crippen molar-refractivity contribution in [2.45, 2.75) is 82.9 Å². The lowest BCUT2D eigenvalue weighted by molar-refractivity contribution is -0.0949. The Morgan fingerprint density at radius 3 is 2.67 bits per heavy atom. The van der Waals surface area contributed by atoms with Crippen LogP contribution in [0.1, 0.15) is 58.3 Å². The molecule has 6 atom stereocenters. The third-order valence-electron chi connectivity index (χ3n) is 4.85. The lowest BCUT2D eigenvalue weighted by atomic mass is 9.91. The van der Waals surface area contributed by atoms with Gasteiger partial charge in [0.05, 0.1) is 18.3 Å². The van der Waals surface area contributed by atoms with Crippen molar-refractivity contribution < 1.29 is 20.1 Å². The molecule has 0 aromatic rings. The van der Waals surface area contributed by atoms with E-state index in [1.54, 1.807) is 0 Å². The maximum Gasteiger partial charge on any atom is 0.155 e. The highest BCUT2D eigenvalue weighted by atomic mass is 16.6. The van der Waals surface area contributed by atoms with Crippen LogP contribution in [0.3, 0.4) is 0 Å². The Morgan fingerprint density at radius 1 is 1.14 bits per heavy atom. The molecular weight excluding hydrogens is 268 g/mol. The number of unbranched alkanes of at least 4 members (excludes halogenated alkanes) is 4. The summed E-state index contributed by atoms with van der Waals surface area (Å²) in [5.74, 6) is 0.185. The first-order valence-electron chi connectivity index (χ1n) is 8.49. The first kappa shape index (κ1) is 16.9. The Bertz CT molecular complexity index is 331. The summed E-state index contributed by atoms with van der Waals surface area (Å²) in [6.07, 6.45) is 10.1. The van der Waals surface area contributed by atoms with Crippen molar-refractivity contribution >= 4 is 0 Å². The van der Waals surface area contributed by atoms with Crippen LogP contribution in [0.5, 0.6) is 0 Å². The molecule has 0 aromatic carbocycles. The fourth-order valence-electron chi connectivity index (χ4n) is 3.64. The minimum atomic E-state index is -0.688. The van der Waals surface area contributed by atoms with Gasteiger partial charge in [-0.25, -0.2) is 0 Å². The summed E-state index contributed by atoms with van der Waals surface area (Å²) < 4.78 is 5.39. The average molecular weight is 298 g/mol. The lowest BCUT2D eigenvalue weighted by Gasteiger charge is -2.16. The minimum Gasteiger partial charge on any atom is -0.392 e. The summed E-state index contributed by atoms with van der Waals surface area (Å²) >= 11 is 0. The van der Waals surface area contributed by atoms with E-state index in [4.69, 9.17) is 4.74 Å². The van der Waals surface area contributed by atoms with Crippen LogP contribution in [-0.4, -0.2) is 39.9 Å². The van der Waals surface area contributed by atoms with Crippen molar-refractivity contribution in [3.8, 4) is 0 Å². The summed E-state index contributed by atoms with van der Waals surface area (Å²) in [7, 11) is 0. The summed E-state index contributed by atoms with van der Waals surface area (Å²) in [5.41, 5.74) is 0. The fraction of sp³-hybridized carbons (Fsp3) is 0.882. The van der Waals surface area contributed by atoms with Crippen molar-refractivity contribution in [2.75, 3.05) is 0 Å². The Labute approximate surface area is 127 Å². The first-order chi connectivity index (χ1) is 10.1. The molecule has 2 aliphatic rings. The van der Waals surface area contributed by atoms with Gasteiger partial charge in [-0.15, -0.1) is 0 Å². The number of aliphatic hydroxyl groups excluding tert-OH is 3. The summed E-state index contributed by atoms with van der Waals surface area (Å²) in [4.78, 5) is 0. The lowest BCUT2D eigenvalue weighted by Crippen LogP contribution is -2.19. The molecule has 1 aliphatic heterocycles. The van der Waals surface area contributed by atoms with Crippen molar-refractivity contribution in [3.63, 3.8) is 0 Å². The number of hydrogen-bond acceptors (Lipinski definition) is 4. The average Bonchev–Trinajstić information content (AvgIpc) is 2.91. The Hall–Kier alpha value is -0.420. The van der Waals surface area contributed by atoms with E-state index in [1.807, 2.05) is 12.2 Å². The van der Waals surface area contributed by atoms with E-state index in [9.17, 15) is 15.3 Å². The van der Waals surface area contributed by atoms with Crippen LogP contribution >= 0.6 is 0 Å². The fourth-order valence-corrected chi connectivity index (χ4v) is 3.64. The second-order valence-corrected chi connectivity index (χ2v) is 6.56. The van der Waals surface area contributed by atoms with Crippen molar-refractivity contribution in [1.29, 1.82) is 0 Å². The van der Waals surface area contributed by atoms with E-state index in [0.29, 0.717) is 12.8 Å². The molecule has 1 saturated heterocycles. The highest BCUT2D eigenvalue weighted by Gasteiger charge is 2.47. The molecule has 4 heteroatoms. The highest BCUT2D eigenvalue weighted by molar-refractivity contribution is 5.06. The van der Waals surface area contributed by atoms with Crippen LogP contribution in [0.25, 0.3) is 0 Å². The van der Waals surface area contributed by atoms with Gasteiger partial charge >= 0.3 is 0 Å². The maximum absolute atomic E-state index is 10.1. The summed E-state index contributed by atoms with van der Waals surface area (Å²) in [6.45, 7) is 2.20. The van der Waals surface area contributed by atoms with Gasteiger partial charge in [-0.3, -0.25) is 0 Å². The molecule has 4 nitrogen and oxygen atoms in total. The van der Waals surface area contributed by atoms with Gasteiger partial charge in [-0.1, -0.05) is 51.2 Å². The normalized spacial score (nSPS) is 37.2. The molecule has 2 rings (SSSR count). The molecule has 3 N–H and O–H groups in total. The molecule has 0 radical (unpaired) electrons. The van der Waals surface area contributed by atoms with Gasteiger partial charge in [-0.2, -0.15) is 0 Å². The third kappa shape index (κ3) is 4.78. The van der Waals surface area contributed by atoms with Gasteiger partial charge in [0.15, 0.2) is 6.29 Å². The van der Waals surface area contributed by atoms with Gasteiger partial charge in [-0.05, 0) is 12.3 Å². The standard InChI is InChI=1S/C17H30O4/c1-2-3-4-5-6-7-12(18)8-9-13-14-10-17(20)21-16(14)11-15(13)19/h8-9,12-20H,2-7,10-11H2,1H3. The Morgan fingerprint density at radius 2 is 1.90 bits per heavy atom. The molecule has 122 valence electrons. The molecule has 6 unspecified atom stereocenters. The van der Waals surface area contributed by atoms with Crippen LogP contribution in [0, 0.1) is 11.8 Å². The SMILES string of the molecule is CCCCCCCC(O)C=CC1C(O)CC2OC(O)CC21. The second kappa shape index (κ2) is 8.28. The molecule has 0 amide bonds. The molecular formula is C17H30O4. The molecule has 0 spiro atoms. The second-order valence-electron chi connectivity index (χ2n) is 6.56. The van der Waals surface area contributed by atoms with Crippen molar-refractivity contribution in [2.24, 2.45) is 11.8 Å². The van der Waals surface area contributed by atoms with Crippen LogP contribution in [0.15, 0.2) is 12.2 Å². The molecule has 21 heavy (non-hydrogen) atoms. The van der Waals surface area contributed by atoms with E-state index >= 15 is 0 Å². The first-order valence-corrected chi connectivity index (χ1v) is 8.49. The molecule has 1 heterocycles. The zero-order valence-electron chi connectivity index (χ0n) is 13.0. The van der Waals surface area contributed by atoms with Gasteiger partial charge in [0.25, 0.3) is 0 Å². The third-order valence-corrected chi connectivity index (χ3v) is 4.85. The van der Waals surface area contributed by atoms with Crippen molar-refractivity contribution in [1.82, 2.24) is 0 Å². The monoisotopic (exact) mass is 298 g/mol. The number of hydrogen-bond donors (Lipinski definition) is 3. The van der Waals surface area contributed by atoms with Crippen molar-refractivity contribution in [3.05, 3.63) is 12.2 Å². The van der Waals surface area contributed by atoms with Gasteiger partial charge < -0.3 is 20.1 Å². The number of ether oxygens (including phenoxy) is 1. The van der Waals surface area contributed by atoms with Gasteiger partial charge in [0.1, 0.15) is 0 Å². The number of rotatable bonds is 8. The zero-order valence-corrected chi connectivity index (χ0v) is 13.0. The van der Waals surface area contributed by atoms with E-state index < -0.39 is 18.5 Å². The topological polar surface area (TPSA) is 69.9 Å². The van der Waals surface area contributed by atoms with Crippen LogP contribution in [0.2, 0.25) is 0 Å². The van der Waals surface area contributed by atoms with E-state index in [-0.39, 0.29) is 17.9 Å². The minimum absolute atomic E-state index is 0.00175. The highest BCUT2D eigenvalue weighted by Crippen LogP contribution is 2.43. The molecule has 1 saturated carbocycles. The summed E-state index contributed by atoms with van der Waals surface area (Å²) in [5, 5.41) is 29.6. The zero-order chi connectivity index (χ0) is 15.2. The Balaban J connectivity index is 1.72. The van der Waals surface area contributed by atoms with Crippen LogP contribution < -0.4 is 0 Å². The molecule has 1 aliphatic carbocycles. The maximum atomic E-state index is 10.1. The van der Waals surface area contributed by atoms with Gasteiger partial charge in [0.2, 0.25) is 0 Å². The van der Waals surface area contributed by atoms with E-state index in [0.717, 1.165) is 12.8 Å². The van der Waals surface area contributed by atoms with Crippen LogP contribution in [0.4, 0.5) is 0 Å². The predicted octanol–water partition coefficient (Wildman–Crippen LogP) is 2.37. The van der Waals surface area contributed by atoms with E-state index in [1.165, 1.54) is 25.7 Å². The van der Waals surface area contributed by atoms with Crippen LogP contribution in [-0.2, 0) is 4.74 Å². The van der Waals surface area contributed by atoms with E-state index in [2.05, 4.69) is 6.92 Å². The predicted molar refractivity (Wildman–Crippen MR) is 81.6 cm³/mol.